The molecule has 1 N–H and O–H groups in total. The number of nitrogens with zero attached hydrogens (tertiary/aromatic N) is 1. The Morgan fingerprint density at radius 3 is 2.59 bits per heavy atom. The van der Waals surface area contributed by atoms with Gasteiger partial charge in [-0.1, -0.05) is 30.7 Å². The Labute approximate surface area is 166 Å². The molecule has 0 unspecified atom stereocenters. The molecule has 1 fully saturated rings. The lowest BCUT2D eigenvalue weighted by atomic mass is 9.99. The van der Waals surface area contributed by atoms with Gasteiger partial charge in [0.15, 0.2) is 0 Å². The summed E-state index contributed by atoms with van der Waals surface area (Å²) in [6.07, 6.45) is 2.50. The van der Waals surface area contributed by atoms with Crippen LogP contribution in [0.2, 0.25) is 5.02 Å². The highest BCUT2D eigenvalue weighted by Gasteiger charge is 2.18. The lowest BCUT2D eigenvalue weighted by Crippen LogP contribution is -2.34. The average molecular weight is 409 g/mol. The summed E-state index contributed by atoms with van der Waals surface area (Å²) in [4.78, 5) is 2.51. The van der Waals surface area contributed by atoms with Crippen molar-refractivity contribution in [1.29, 1.82) is 0 Å². The summed E-state index contributed by atoms with van der Waals surface area (Å²) >= 11 is 6.03. The van der Waals surface area contributed by atoms with E-state index in [1.807, 2.05) is 12.1 Å². The number of hydrogen-bond donors (Lipinski definition) is 1. The van der Waals surface area contributed by atoms with Gasteiger partial charge in [0.1, 0.15) is 5.75 Å². The summed E-state index contributed by atoms with van der Waals surface area (Å²) in [5.74, 6) is 1.15. The summed E-state index contributed by atoms with van der Waals surface area (Å²) in [5.41, 5.74) is 2.10. The molecule has 1 saturated heterocycles. The van der Waals surface area contributed by atoms with E-state index in [0.29, 0.717) is 11.7 Å². The highest BCUT2D eigenvalue weighted by atomic mass is 35.5. The number of benzene rings is 2. The van der Waals surface area contributed by atoms with Crippen LogP contribution in [0.4, 0.5) is 5.69 Å². The van der Waals surface area contributed by atoms with Crippen molar-refractivity contribution in [3.05, 3.63) is 53.1 Å². The van der Waals surface area contributed by atoms with Gasteiger partial charge >= 0.3 is 0 Å². The van der Waals surface area contributed by atoms with Gasteiger partial charge in [-0.05, 0) is 54.7 Å². The number of methoxy groups -OCH3 is 1. The number of ether oxygens (including phenoxy) is 1. The van der Waals surface area contributed by atoms with Crippen molar-refractivity contribution >= 4 is 27.3 Å². The Hall–Kier alpha value is -1.76. The predicted molar refractivity (Wildman–Crippen MR) is 109 cm³/mol. The maximum absolute atomic E-state index is 12.5. The van der Waals surface area contributed by atoms with Crippen LogP contribution in [0.25, 0.3) is 0 Å². The van der Waals surface area contributed by atoms with Crippen LogP contribution in [-0.2, 0) is 16.6 Å². The molecule has 0 radical (unpaired) electrons. The van der Waals surface area contributed by atoms with Crippen LogP contribution in [0.1, 0.15) is 25.3 Å². The molecule has 1 heterocycles. The van der Waals surface area contributed by atoms with Crippen LogP contribution in [0, 0.1) is 5.92 Å². The first-order chi connectivity index (χ1) is 12.9. The molecule has 1 aliphatic rings. The smallest absolute Gasteiger partial charge is 0.240 e. The molecular weight excluding hydrogens is 384 g/mol. The monoisotopic (exact) mass is 408 g/mol. The molecule has 0 aliphatic carbocycles. The van der Waals surface area contributed by atoms with Crippen molar-refractivity contribution in [1.82, 2.24) is 4.72 Å². The van der Waals surface area contributed by atoms with Crippen molar-refractivity contribution in [2.75, 3.05) is 25.1 Å². The molecule has 0 spiro atoms. The second kappa shape index (κ2) is 8.50. The van der Waals surface area contributed by atoms with E-state index in [1.54, 1.807) is 6.07 Å². The fourth-order valence-corrected chi connectivity index (χ4v) is 4.69. The van der Waals surface area contributed by atoms with E-state index in [0.717, 1.165) is 18.7 Å². The van der Waals surface area contributed by atoms with Gasteiger partial charge in [-0.2, -0.15) is 0 Å². The first-order valence-corrected chi connectivity index (χ1v) is 10.9. The summed E-state index contributed by atoms with van der Waals surface area (Å²) in [6.45, 7) is 4.65. The van der Waals surface area contributed by atoms with Crippen LogP contribution in [0.5, 0.6) is 5.75 Å². The molecule has 1 atom stereocenters. The van der Waals surface area contributed by atoms with Crippen LogP contribution in [-0.4, -0.2) is 28.6 Å². The third-order valence-electron chi connectivity index (χ3n) is 4.86. The van der Waals surface area contributed by atoms with Crippen LogP contribution in [0.3, 0.4) is 0 Å². The van der Waals surface area contributed by atoms with E-state index in [9.17, 15) is 8.42 Å². The van der Waals surface area contributed by atoms with Crippen molar-refractivity contribution < 1.29 is 13.2 Å². The van der Waals surface area contributed by atoms with Gasteiger partial charge in [0.05, 0.1) is 17.0 Å². The number of sulfonamides is 1. The van der Waals surface area contributed by atoms with Gasteiger partial charge < -0.3 is 9.64 Å². The average Bonchev–Trinajstić information content (AvgIpc) is 2.67. The molecule has 1 aliphatic heterocycles. The minimum atomic E-state index is -3.64. The van der Waals surface area contributed by atoms with E-state index in [1.165, 1.54) is 37.8 Å². The van der Waals surface area contributed by atoms with Gasteiger partial charge in [0.2, 0.25) is 10.0 Å². The normalized spacial score (nSPS) is 17.7. The minimum Gasteiger partial charge on any atom is -0.495 e. The van der Waals surface area contributed by atoms with Crippen LogP contribution < -0.4 is 14.4 Å². The molecule has 5 nitrogen and oxygen atoms in total. The lowest BCUT2D eigenvalue weighted by molar-refractivity contribution is 0.414. The first kappa shape index (κ1) is 20.0. The number of anilines is 1. The first-order valence-electron chi connectivity index (χ1n) is 9.06. The van der Waals surface area contributed by atoms with Crippen molar-refractivity contribution in [2.24, 2.45) is 5.92 Å². The topological polar surface area (TPSA) is 58.6 Å². The third-order valence-corrected chi connectivity index (χ3v) is 6.55. The predicted octanol–water partition coefficient (Wildman–Crippen LogP) is 4.06. The Bertz CT molecular complexity index is 885. The number of halogens is 1. The largest absolute Gasteiger partial charge is 0.495 e. The summed E-state index contributed by atoms with van der Waals surface area (Å²) in [7, 11) is -2.16. The van der Waals surface area contributed by atoms with Crippen LogP contribution >= 0.6 is 11.6 Å². The van der Waals surface area contributed by atoms with Crippen molar-refractivity contribution in [3.8, 4) is 5.75 Å². The third kappa shape index (κ3) is 4.94. The molecule has 7 heteroatoms. The maximum Gasteiger partial charge on any atom is 0.240 e. The van der Waals surface area contributed by atoms with Gasteiger partial charge in [-0.25, -0.2) is 13.1 Å². The molecule has 146 valence electrons. The van der Waals surface area contributed by atoms with E-state index in [2.05, 4.69) is 28.7 Å². The fraction of sp³-hybridized carbons (Fsp3) is 0.400. The van der Waals surface area contributed by atoms with Gasteiger partial charge in [0, 0.05) is 25.3 Å². The van der Waals surface area contributed by atoms with Gasteiger partial charge in [-0.15, -0.1) is 0 Å². The Morgan fingerprint density at radius 2 is 1.96 bits per heavy atom. The summed E-state index contributed by atoms with van der Waals surface area (Å²) in [5, 5.41) is 0.264. The number of piperidine rings is 1. The highest BCUT2D eigenvalue weighted by Crippen LogP contribution is 2.27. The second-order valence-electron chi connectivity index (χ2n) is 6.98. The molecule has 2 aromatic rings. The molecule has 0 amide bonds. The van der Waals surface area contributed by atoms with E-state index in [4.69, 9.17) is 16.3 Å². The zero-order chi connectivity index (χ0) is 19.4. The standard InChI is InChI=1S/C20H25ClN2O3S/c1-15-4-3-11-23(14-15)17-7-5-16(6-8-17)13-22-27(24,25)18-9-10-20(26-2)19(21)12-18/h5-10,12,15,22H,3-4,11,13-14H2,1-2H3/t15-/m0/s1. The molecule has 2 aromatic carbocycles. The van der Waals surface area contributed by atoms with Gasteiger partial charge in [-0.3, -0.25) is 0 Å². The van der Waals surface area contributed by atoms with E-state index in [-0.39, 0.29) is 16.5 Å². The van der Waals surface area contributed by atoms with E-state index >= 15 is 0 Å². The molecular formula is C20H25ClN2O3S. The molecule has 3 rings (SSSR count). The minimum absolute atomic E-state index is 0.118. The highest BCUT2D eigenvalue weighted by molar-refractivity contribution is 7.89. The maximum atomic E-state index is 12.5. The Balaban J connectivity index is 1.64. The van der Waals surface area contributed by atoms with Gasteiger partial charge in [0.25, 0.3) is 0 Å². The zero-order valence-electron chi connectivity index (χ0n) is 15.6. The van der Waals surface area contributed by atoms with Crippen LogP contribution in [0.15, 0.2) is 47.4 Å². The Morgan fingerprint density at radius 1 is 1.22 bits per heavy atom. The number of nitrogens with one attached hydrogen (secondary N) is 1. The summed E-state index contributed by atoms with van der Waals surface area (Å²) in [6, 6.07) is 12.5. The van der Waals surface area contributed by atoms with Crippen molar-refractivity contribution in [2.45, 2.75) is 31.2 Å². The molecule has 0 saturated carbocycles. The van der Waals surface area contributed by atoms with Crippen molar-refractivity contribution in [3.63, 3.8) is 0 Å². The summed E-state index contributed by atoms with van der Waals surface area (Å²) < 4.78 is 32.7. The Kier molecular flexibility index (Phi) is 6.29. The second-order valence-corrected chi connectivity index (χ2v) is 9.15. The number of rotatable bonds is 6. The lowest BCUT2D eigenvalue weighted by Gasteiger charge is -2.32. The zero-order valence-corrected chi connectivity index (χ0v) is 17.2. The number of hydrogen-bond acceptors (Lipinski definition) is 4. The van der Waals surface area contributed by atoms with E-state index < -0.39 is 10.0 Å². The molecule has 0 bridgehead atoms. The SMILES string of the molecule is COc1ccc(S(=O)(=O)NCc2ccc(N3CCC[C@H](C)C3)cc2)cc1Cl. The molecule has 27 heavy (non-hydrogen) atoms. The molecule has 0 aromatic heterocycles. The fourth-order valence-electron chi connectivity index (χ4n) is 3.32. The quantitative estimate of drug-likeness (QED) is 0.782.